The molecule has 0 aliphatic rings. The van der Waals surface area contributed by atoms with Crippen LogP contribution in [-0.4, -0.2) is 11.1 Å². The molecular weight excluding hydrogens is 356 g/mol. The van der Waals surface area contributed by atoms with Crippen LogP contribution in [0.15, 0.2) is 72.8 Å². The standard InChI is InChI=1S/C27H28O2/c1-18-6-10-20(11-7-18)24(21-14-16-23(17-15-21)27(3,4)5)25(26(28)29)22-12-8-19(2)9-13-22/h6-17H,1-5H3,(H,28,29)/b25-24-. The Morgan fingerprint density at radius 1 is 0.655 bits per heavy atom. The molecule has 0 unspecified atom stereocenters. The lowest BCUT2D eigenvalue weighted by atomic mass is 9.84. The Kier molecular flexibility index (Phi) is 5.74. The summed E-state index contributed by atoms with van der Waals surface area (Å²) in [5.74, 6) is -0.927. The van der Waals surface area contributed by atoms with E-state index in [1.54, 1.807) is 0 Å². The van der Waals surface area contributed by atoms with Crippen LogP contribution in [0.3, 0.4) is 0 Å². The first kappa shape index (κ1) is 20.6. The fourth-order valence-corrected chi connectivity index (χ4v) is 3.41. The molecule has 148 valence electrons. The van der Waals surface area contributed by atoms with Gasteiger partial charge in [0.25, 0.3) is 0 Å². The van der Waals surface area contributed by atoms with Crippen molar-refractivity contribution in [3.8, 4) is 0 Å². The van der Waals surface area contributed by atoms with Crippen molar-refractivity contribution >= 4 is 17.1 Å². The van der Waals surface area contributed by atoms with Crippen molar-refractivity contribution in [3.63, 3.8) is 0 Å². The molecule has 3 aromatic carbocycles. The van der Waals surface area contributed by atoms with Crippen LogP contribution in [-0.2, 0) is 10.2 Å². The van der Waals surface area contributed by atoms with E-state index in [1.807, 2.05) is 74.5 Å². The van der Waals surface area contributed by atoms with Crippen molar-refractivity contribution in [3.05, 3.63) is 106 Å². The minimum atomic E-state index is -0.927. The highest BCUT2D eigenvalue weighted by atomic mass is 16.4. The van der Waals surface area contributed by atoms with Crippen LogP contribution in [0.5, 0.6) is 0 Å². The first-order chi connectivity index (χ1) is 13.7. The average Bonchev–Trinajstić information content (AvgIpc) is 2.67. The lowest BCUT2D eigenvalue weighted by molar-refractivity contribution is -0.130. The predicted molar refractivity (Wildman–Crippen MR) is 121 cm³/mol. The summed E-state index contributed by atoms with van der Waals surface area (Å²) in [5, 5.41) is 10.2. The minimum absolute atomic E-state index is 0.0405. The molecular formula is C27H28O2. The number of carboxylic acids is 1. The van der Waals surface area contributed by atoms with Crippen molar-refractivity contribution in [2.24, 2.45) is 0 Å². The molecule has 0 radical (unpaired) electrons. The van der Waals surface area contributed by atoms with E-state index in [1.165, 1.54) is 5.56 Å². The molecule has 0 atom stereocenters. The van der Waals surface area contributed by atoms with Gasteiger partial charge in [-0.2, -0.15) is 0 Å². The van der Waals surface area contributed by atoms with Gasteiger partial charge in [-0.1, -0.05) is 105 Å². The SMILES string of the molecule is Cc1ccc(/C(C(=O)O)=C(\c2ccc(C)cc2)c2ccc(C(C)(C)C)cc2)cc1. The Balaban J connectivity index is 2.29. The molecule has 0 saturated heterocycles. The van der Waals surface area contributed by atoms with Gasteiger partial charge < -0.3 is 5.11 Å². The van der Waals surface area contributed by atoms with E-state index >= 15 is 0 Å². The molecule has 0 aliphatic heterocycles. The number of carboxylic acid groups (broad SMARTS) is 1. The first-order valence-corrected chi connectivity index (χ1v) is 9.89. The second kappa shape index (κ2) is 8.08. The van der Waals surface area contributed by atoms with E-state index in [0.717, 1.165) is 27.8 Å². The summed E-state index contributed by atoms with van der Waals surface area (Å²) in [5.41, 5.74) is 7.07. The smallest absolute Gasteiger partial charge is 0.336 e. The van der Waals surface area contributed by atoms with Crippen molar-refractivity contribution in [2.75, 3.05) is 0 Å². The van der Waals surface area contributed by atoms with Crippen molar-refractivity contribution in [1.82, 2.24) is 0 Å². The topological polar surface area (TPSA) is 37.3 Å². The minimum Gasteiger partial charge on any atom is -0.478 e. The third-order valence-corrected chi connectivity index (χ3v) is 5.18. The zero-order chi connectivity index (χ0) is 21.2. The van der Waals surface area contributed by atoms with E-state index in [2.05, 4.69) is 32.9 Å². The molecule has 0 aliphatic carbocycles. The quantitative estimate of drug-likeness (QED) is 0.404. The summed E-state index contributed by atoms with van der Waals surface area (Å²) in [6, 6.07) is 24.0. The second-order valence-corrected chi connectivity index (χ2v) is 8.61. The zero-order valence-corrected chi connectivity index (χ0v) is 17.8. The Morgan fingerprint density at radius 2 is 1.03 bits per heavy atom. The predicted octanol–water partition coefficient (Wildman–Crippen LogP) is 6.64. The van der Waals surface area contributed by atoms with Crippen LogP contribution in [0.4, 0.5) is 0 Å². The van der Waals surface area contributed by atoms with E-state index in [9.17, 15) is 9.90 Å². The molecule has 29 heavy (non-hydrogen) atoms. The Hall–Kier alpha value is -3.13. The fourth-order valence-electron chi connectivity index (χ4n) is 3.41. The van der Waals surface area contributed by atoms with Gasteiger partial charge in [0, 0.05) is 5.57 Å². The van der Waals surface area contributed by atoms with Crippen LogP contribution >= 0.6 is 0 Å². The highest BCUT2D eigenvalue weighted by molar-refractivity contribution is 6.26. The molecule has 0 saturated carbocycles. The fraction of sp³-hybridized carbons (Fsp3) is 0.222. The van der Waals surface area contributed by atoms with E-state index in [-0.39, 0.29) is 5.41 Å². The van der Waals surface area contributed by atoms with Crippen LogP contribution < -0.4 is 0 Å². The maximum atomic E-state index is 12.4. The average molecular weight is 385 g/mol. The third kappa shape index (κ3) is 4.65. The summed E-state index contributed by atoms with van der Waals surface area (Å²) in [6.45, 7) is 10.6. The summed E-state index contributed by atoms with van der Waals surface area (Å²) in [4.78, 5) is 12.4. The maximum absolute atomic E-state index is 12.4. The van der Waals surface area contributed by atoms with Gasteiger partial charge in [0.2, 0.25) is 0 Å². The monoisotopic (exact) mass is 384 g/mol. The highest BCUT2D eigenvalue weighted by Gasteiger charge is 2.21. The molecule has 2 nitrogen and oxygen atoms in total. The Bertz CT molecular complexity index is 1030. The summed E-state index contributed by atoms with van der Waals surface area (Å²) in [6.07, 6.45) is 0. The number of hydrogen-bond acceptors (Lipinski definition) is 1. The van der Waals surface area contributed by atoms with Crippen molar-refractivity contribution in [1.29, 1.82) is 0 Å². The van der Waals surface area contributed by atoms with Gasteiger partial charge >= 0.3 is 5.97 Å². The second-order valence-electron chi connectivity index (χ2n) is 8.61. The molecule has 0 bridgehead atoms. The van der Waals surface area contributed by atoms with Crippen LogP contribution in [0.25, 0.3) is 11.1 Å². The van der Waals surface area contributed by atoms with Crippen LogP contribution in [0.1, 0.15) is 54.2 Å². The number of rotatable bonds is 4. The molecule has 2 heteroatoms. The van der Waals surface area contributed by atoms with Crippen molar-refractivity contribution in [2.45, 2.75) is 40.0 Å². The summed E-state index contributed by atoms with van der Waals surface area (Å²) < 4.78 is 0. The lowest BCUT2D eigenvalue weighted by Gasteiger charge is -2.20. The molecule has 3 aromatic rings. The number of hydrogen-bond donors (Lipinski definition) is 1. The Labute approximate surface area is 173 Å². The number of carbonyl (C=O) groups is 1. The van der Waals surface area contributed by atoms with Gasteiger partial charge in [0.15, 0.2) is 0 Å². The van der Waals surface area contributed by atoms with Gasteiger partial charge in [-0.3, -0.25) is 0 Å². The normalized spacial score (nSPS) is 12.4. The summed E-state index contributed by atoms with van der Waals surface area (Å²) in [7, 11) is 0. The zero-order valence-electron chi connectivity index (χ0n) is 17.8. The van der Waals surface area contributed by atoms with Crippen LogP contribution in [0.2, 0.25) is 0 Å². The molecule has 0 fully saturated rings. The van der Waals surface area contributed by atoms with Gasteiger partial charge in [-0.15, -0.1) is 0 Å². The van der Waals surface area contributed by atoms with E-state index < -0.39 is 5.97 Å². The first-order valence-electron chi connectivity index (χ1n) is 9.89. The van der Waals surface area contributed by atoms with E-state index in [4.69, 9.17) is 0 Å². The Morgan fingerprint density at radius 3 is 1.41 bits per heavy atom. The van der Waals surface area contributed by atoms with Gasteiger partial charge in [0.05, 0.1) is 5.57 Å². The molecule has 3 rings (SSSR count). The molecule has 1 N–H and O–H groups in total. The van der Waals surface area contributed by atoms with Crippen LogP contribution in [0, 0.1) is 13.8 Å². The largest absolute Gasteiger partial charge is 0.478 e. The van der Waals surface area contributed by atoms with E-state index in [0.29, 0.717) is 11.1 Å². The molecule has 0 amide bonds. The molecule has 0 heterocycles. The number of aliphatic carboxylic acids is 1. The van der Waals surface area contributed by atoms with Gasteiger partial charge in [-0.25, -0.2) is 4.79 Å². The third-order valence-electron chi connectivity index (χ3n) is 5.18. The number of benzene rings is 3. The lowest BCUT2D eigenvalue weighted by Crippen LogP contribution is -2.11. The molecule has 0 aromatic heterocycles. The molecule has 0 spiro atoms. The van der Waals surface area contributed by atoms with Gasteiger partial charge in [-0.05, 0) is 41.5 Å². The van der Waals surface area contributed by atoms with Gasteiger partial charge in [0.1, 0.15) is 0 Å². The summed E-state index contributed by atoms with van der Waals surface area (Å²) >= 11 is 0. The van der Waals surface area contributed by atoms with Crippen molar-refractivity contribution < 1.29 is 9.90 Å². The highest BCUT2D eigenvalue weighted by Crippen LogP contribution is 2.34. The number of aryl methyl sites for hydroxylation is 2. The maximum Gasteiger partial charge on any atom is 0.336 e.